The van der Waals surface area contributed by atoms with E-state index in [2.05, 4.69) is 15.3 Å². The van der Waals surface area contributed by atoms with E-state index in [-0.39, 0.29) is 0 Å². The van der Waals surface area contributed by atoms with E-state index < -0.39 is 5.76 Å². The molecule has 0 saturated heterocycles. The Hall–Kier alpha value is -3.16. The molecule has 1 aromatic carbocycles. The summed E-state index contributed by atoms with van der Waals surface area (Å²) in [5.74, 6) is 1.05. The molecule has 0 spiro atoms. The Bertz CT molecular complexity index is 1070. The molecule has 4 rings (SSSR count). The Morgan fingerprint density at radius 2 is 2.00 bits per heavy atom. The van der Waals surface area contributed by atoms with Gasteiger partial charge in [0.05, 0.1) is 5.52 Å². The van der Waals surface area contributed by atoms with Gasteiger partial charge in [-0.25, -0.2) is 4.79 Å². The lowest BCUT2D eigenvalue weighted by atomic mass is 10.2. The standard InChI is InChI=1S/C16H14N4O4/c1-9-3-4-13-12(7-9)20(16(21)22-13)6-5-14-17-15(24-19-14)11-8-10(2)23-18-11/h3-4,7-8H,5-6H2,1-2H3. The number of oxazole rings is 1. The van der Waals surface area contributed by atoms with Crippen molar-refractivity contribution < 1.29 is 13.5 Å². The first-order valence-corrected chi connectivity index (χ1v) is 7.46. The molecule has 0 aliphatic heterocycles. The average Bonchev–Trinajstić information content (AvgIpc) is 3.24. The van der Waals surface area contributed by atoms with Crippen LogP contribution in [0.2, 0.25) is 0 Å². The number of benzene rings is 1. The molecule has 8 heteroatoms. The molecule has 3 heterocycles. The minimum absolute atomic E-state index is 0.294. The maximum atomic E-state index is 12.0. The Morgan fingerprint density at radius 3 is 2.79 bits per heavy atom. The summed E-state index contributed by atoms with van der Waals surface area (Å²) < 4.78 is 17.0. The van der Waals surface area contributed by atoms with Crippen molar-refractivity contribution in [3.63, 3.8) is 0 Å². The highest BCUT2D eigenvalue weighted by Gasteiger charge is 2.14. The van der Waals surface area contributed by atoms with Crippen LogP contribution in [0.4, 0.5) is 0 Å². The van der Waals surface area contributed by atoms with E-state index in [9.17, 15) is 4.79 Å². The molecule has 8 nitrogen and oxygen atoms in total. The summed E-state index contributed by atoms with van der Waals surface area (Å²) in [5.41, 5.74) is 2.88. The summed E-state index contributed by atoms with van der Waals surface area (Å²) in [6.07, 6.45) is 0.433. The predicted octanol–water partition coefficient (Wildman–Crippen LogP) is 2.49. The van der Waals surface area contributed by atoms with Crippen LogP contribution in [0.3, 0.4) is 0 Å². The van der Waals surface area contributed by atoms with Crippen molar-refractivity contribution in [2.24, 2.45) is 0 Å². The van der Waals surface area contributed by atoms with Crippen LogP contribution in [0.1, 0.15) is 17.1 Å². The van der Waals surface area contributed by atoms with Crippen LogP contribution in [0.5, 0.6) is 0 Å². The molecule has 3 aromatic heterocycles. The van der Waals surface area contributed by atoms with Crippen molar-refractivity contribution in [2.75, 3.05) is 0 Å². The zero-order valence-electron chi connectivity index (χ0n) is 13.1. The summed E-state index contributed by atoms with van der Waals surface area (Å²) >= 11 is 0. The molecule has 0 unspecified atom stereocenters. The first-order valence-electron chi connectivity index (χ1n) is 7.46. The molecule has 0 bridgehead atoms. The fourth-order valence-corrected chi connectivity index (χ4v) is 2.52. The van der Waals surface area contributed by atoms with E-state index in [0.717, 1.165) is 11.1 Å². The molecule has 0 atom stereocenters. The molecule has 122 valence electrons. The van der Waals surface area contributed by atoms with Crippen molar-refractivity contribution in [3.05, 3.63) is 52.0 Å². The fraction of sp³-hybridized carbons (Fsp3) is 0.250. The van der Waals surface area contributed by atoms with Gasteiger partial charge in [-0.05, 0) is 31.5 Å². The quantitative estimate of drug-likeness (QED) is 0.568. The molecule has 0 radical (unpaired) electrons. The van der Waals surface area contributed by atoms with Gasteiger partial charge >= 0.3 is 5.76 Å². The summed E-state index contributed by atoms with van der Waals surface area (Å²) in [4.78, 5) is 16.3. The van der Waals surface area contributed by atoms with Gasteiger partial charge in [-0.15, -0.1) is 0 Å². The summed E-state index contributed by atoms with van der Waals surface area (Å²) in [7, 11) is 0. The number of rotatable bonds is 4. The zero-order chi connectivity index (χ0) is 16.7. The van der Waals surface area contributed by atoms with Crippen molar-refractivity contribution in [1.29, 1.82) is 0 Å². The van der Waals surface area contributed by atoms with Crippen molar-refractivity contribution in [2.45, 2.75) is 26.8 Å². The van der Waals surface area contributed by atoms with Crippen LogP contribution in [-0.2, 0) is 13.0 Å². The van der Waals surface area contributed by atoms with E-state index in [1.54, 1.807) is 23.6 Å². The molecule has 0 aliphatic carbocycles. The maximum Gasteiger partial charge on any atom is 0.419 e. The van der Waals surface area contributed by atoms with Gasteiger partial charge < -0.3 is 13.5 Å². The molecular weight excluding hydrogens is 312 g/mol. The Balaban J connectivity index is 1.57. The minimum atomic E-state index is -0.397. The number of fused-ring (bicyclic) bond motifs is 1. The molecular formula is C16H14N4O4. The van der Waals surface area contributed by atoms with Gasteiger partial charge in [-0.1, -0.05) is 16.4 Å². The van der Waals surface area contributed by atoms with Gasteiger partial charge in [0.1, 0.15) is 5.76 Å². The van der Waals surface area contributed by atoms with Crippen molar-refractivity contribution in [3.8, 4) is 11.6 Å². The molecule has 0 N–H and O–H groups in total. The Labute approximate surface area is 135 Å². The lowest BCUT2D eigenvalue weighted by Crippen LogP contribution is -2.16. The van der Waals surface area contributed by atoms with E-state index in [1.807, 2.05) is 19.1 Å². The highest BCUT2D eigenvalue weighted by Crippen LogP contribution is 2.18. The molecule has 0 aliphatic rings. The first kappa shape index (κ1) is 14.4. The second kappa shape index (κ2) is 5.48. The first-order chi connectivity index (χ1) is 11.6. The zero-order valence-corrected chi connectivity index (χ0v) is 13.1. The van der Waals surface area contributed by atoms with Crippen LogP contribution >= 0.6 is 0 Å². The summed E-state index contributed by atoms with van der Waals surface area (Å²) in [5, 5.41) is 7.75. The summed E-state index contributed by atoms with van der Waals surface area (Å²) in [6.45, 7) is 4.14. The van der Waals surface area contributed by atoms with Crippen molar-refractivity contribution in [1.82, 2.24) is 19.9 Å². The largest absolute Gasteiger partial charge is 0.419 e. The molecule has 0 fully saturated rings. The number of aryl methyl sites for hydroxylation is 4. The van der Waals surface area contributed by atoms with Gasteiger partial charge in [0.25, 0.3) is 5.89 Å². The topological polar surface area (TPSA) is 100 Å². The highest BCUT2D eigenvalue weighted by molar-refractivity contribution is 5.73. The van der Waals surface area contributed by atoms with Gasteiger partial charge in [0.15, 0.2) is 17.1 Å². The van der Waals surface area contributed by atoms with Crippen LogP contribution in [0.25, 0.3) is 22.7 Å². The third-order valence-electron chi connectivity index (χ3n) is 3.70. The molecule has 4 aromatic rings. The van der Waals surface area contributed by atoms with Gasteiger partial charge in [-0.3, -0.25) is 4.57 Å². The third kappa shape index (κ3) is 2.51. The lowest BCUT2D eigenvalue weighted by Gasteiger charge is -1.99. The predicted molar refractivity (Wildman–Crippen MR) is 83.4 cm³/mol. The van der Waals surface area contributed by atoms with Gasteiger partial charge in [0.2, 0.25) is 0 Å². The van der Waals surface area contributed by atoms with Crippen LogP contribution in [-0.4, -0.2) is 19.9 Å². The van der Waals surface area contributed by atoms with Crippen LogP contribution in [0.15, 0.2) is 42.5 Å². The highest BCUT2D eigenvalue weighted by atomic mass is 16.5. The van der Waals surface area contributed by atoms with E-state index in [0.29, 0.717) is 41.7 Å². The van der Waals surface area contributed by atoms with E-state index in [1.165, 1.54) is 0 Å². The van der Waals surface area contributed by atoms with E-state index in [4.69, 9.17) is 13.5 Å². The van der Waals surface area contributed by atoms with Crippen molar-refractivity contribution >= 4 is 11.1 Å². The monoisotopic (exact) mass is 326 g/mol. The molecule has 24 heavy (non-hydrogen) atoms. The second-order valence-corrected chi connectivity index (χ2v) is 5.58. The third-order valence-corrected chi connectivity index (χ3v) is 3.70. The number of hydrogen-bond donors (Lipinski definition) is 0. The summed E-state index contributed by atoms with van der Waals surface area (Å²) in [6, 6.07) is 7.33. The number of nitrogens with zero attached hydrogens (tertiary/aromatic N) is 4. The van der Waals surface area contributed by atoms with Crippen LogP contribution in [0, 0.1) is 13.8 Å². The Morgan fingerprint density at radius 1 is 1.12 bits per heavy atom. The average molecular weight is 326 g/mol. The fourth-order valence-electron chi connectivity index (χ4n) is 2.52. The molecule has 0 saturated carbocycles. The maximum absolute atomic E-state index is 12.0. The Kier molecular flexibility index (Phi) is 3.30. The lowest BCUT2D eigenvalue weighted by molar-refractivity contribution is 0.388. The SMILES string of the molecule is Cc1ccc2oc(=O)n(CCc3noc(-c4cc(C)on4)n3)c2c1. The van der Waals surface area contributed by atoms with Gasteiger partial charge in [-0.2, -0.15) is 4.98 Å². The second-order valence-electron chi connectivity index (χ2n) is 5.58. The van der Waals surface area contributed by atoms with E-state index >= 15 is 0 Å². The smallest absolute Gasteiger partial charge is 0.408 e. The molecule has 0 amide bonds. The number of hydrogen-bond acceptors (Lipinski definition) is 7. The van der Waals surface area contributed by atoms with Crippen LogP contribution < -0.4 is 5.76 Å². The minimum Gasteiger partial charge on any atom is -0.408 e. The van der Waals surface area contributed by atoms with Gasteiger partial charge in [0, 0.05) is 19.0 Å². The number of aromatic nitrogens is 4. The normalized spacial score (nSPS) is 11.4.